The lowest BCUT2D eigenvalue weighted by atomic mass is 10.0. The van der Waals surface area contributed by atoms with E-state index in [1.165, 1.54) is 6.54 Å². The number of piperazine rings is 1. The van der Waals surface area contributed by atoms with Crippen molar-refractivity contribution in [2.45, 2.75) is 19.6 Å². The van der Waals surface area contributed by atoms with Crippen molar-refractivity contribution in [3.8, 4) is 22.5 Å². The predicted octanol–water partition coefficient (Wildman–Crippen LogP) is 3.47. The van der Waals surface area contributed by atoms with E-state index in [0.29, 0.717) is 12.2 Å². The largest absolute Gasteiger partial charge is 0.386 e. The molecule has 42 heavy (non-hydrogen) atoms. The molecule has 0 saturated carbocycles. The zero-order valence-electron chi connectivity index (χ0n) is 24.4. The molecule has 0 unspecified atom stereocenters. The Bertz CT molecular complexity index is 1390. The Morgan fingerprint density at radius 1 is 0.881 bits per heavy atom. The number of aromatic nitrogens is 3. The van der Waals surface area contributed by atoms with Crippen molar-refractivity contribution in [2.75, 3.05) is 58.3 Å². The summed E-state index contributed by atoms with van der Waals surface area (Å²) >= 11 is 0. The minimum Gasteiger partial charge on any atom is -0.345 e. The van der Waals surface area contributed by atoms with E-state index in [0.717, 1.165) is 72.1 Å². The van der Waals surface area contributed by atoms with Crippen LogP contribution < -0.4 is 15.5 Å². The lowest BCUT2D eigenvalue weighted by Crippen LogP contribution is -3.15. The van der Waals surface area contributed by atoms with Crippen LogP contribution in [0.1, 0.15) is 12.5 Å². The molecule has 0 aliphatic carbocycles. The summed E-state index contributed by atoms with van der Waals surface area (Å²) in [6, 6.07) is 22.6. The van der Waals surface area contributed by atoms with Crippen molar-refractivity contribution in [1.29, 1.82) is 0 Å². The van der Waals surface area contributed by atoms with Crippen molar-refractivity contribution < 1.29 is 22.9 Å². The van der Waals surface area contributed by atoms with Crippen molar-refractivity contribution in [1.82, 2.24) is 19.9 Å². The lowest BCUT2D eigenvalue weighted by molar-refractivity contribution is -0.900. The number of nitrogens with one attached hydrogen (secondary N) is 1. The Morgan fingerprint density at radius 3 is 2.02 bits per heavy atom. The minimum atomic E-state index is -4.00. The van der Waals surface area contributed by atoms with E-state index in [2.05, 4.69) is 72.4 Å². The normalized spacial score (nSPS) is 13.8. The SMILES string of the molecule is C=O.CC(F)(F)F.CN(C)CC[NH+]1CCN(c2ccc3nc(-c4ccc(CN)cc4)c(-c4ccccc4)nc3n2)CC1. The first-order valence-corrected chi connectivity index (χ1v) is 13.7. The first kappa shape index (κ1) is 32.6. The van der Waals surface area contributed by atoms with Crippen molar-refractivity contribution in [2.24, 2.45) is 5.73 Å². The van der Waals surface area contributed by atoms with E-state index >= 15 is 0 Å². The fourth-order valence-corrected chi connectivity index (χ4v) is 4.59. The molecular formula is C31H39F3N7O+. The molecule has 0 bridgehead atoms. The Morgan fingerprint density at radius 2 is 1.45 bits per heavy atom. The van der Waals surface area contributed by atoms with Crippen LogP contribution in [0.25, 0.3) is 33.7 Å². The molecule has 0 spiro atoms. The van der Waals surface area contributed by atoms with Gasteiger partial charge in [0.15, 0.2) is 5.65 Å². The van der Waals surface area contributed by atoms with Crippen LogP contribution in [0, 0.1) is 0 Å². The van der Waals surface area contributed by atoms with Crippen LogP contribution in [0.5, 0.6) is 0 Å². The third-order valence-electron chi connectivity index (χ3n) is 6.73. The number of nitrogens with zero attached hydrogens (tertiary/aromatic N) is 5. The number of nitrogens with two attached hydrogens (primary N) is 1. The molecule has 1 saturated heterocycles. The molecule has 2 aromatic carbocycles. The zero-order chi connectivity index (χ0) is 30.7. The summed E-state index contributed by atoms with van der Waals surface area (Å²) in [4.78, 5) is 29.3. The van der Waals surface area contributed by atoms with Crippen LogP contribution in [0.4, 0.5) is 19.0 Å². The van der Waals surface area contributed by atoms with Crippen molar-refractivity contribution in [3.05, 3.63) is 72.3 Å². The highest BCUT2D eigenvalue weighted by Gasteiger charge is 2.22. The average molecular weight is 583 g/mol. The quantitative estimate of drug-likeness (QED) is 0.345. The number of hydrogen-bond donors (Lipinski definition) is 2. The summed E-state index contributed by atoms with van der Waals surface area (Å²) in [6.45, 7) is 9.29. The van der Waals surface area contributed by atoms with E-state index in [1.54, 1.807) is 4.90 Å². The summed E-state index contributed by atoms with van der Waals surface area (Å²) in [5.41, 5.74) is 12.2. The number of fused-ring (bicyclic) bond motifs is 1. The fraction of sp³-hybridized carbons (Fsp3) is 0.355. The maximum atomic E-state index is 10.4. The third kappa shape index (κ3) is 9.57. The highest BCUT2D eigenvalue weighted by molar-refractivity contribution is 5.85. The molecule has 224 valence electrons. The van der Waals surface area contributed by atoms with Gasteiger partial charge in [0.05, 0.1) is 44.1 Å². The number of quaternary nitrogens is 1. The van der Waals surface area contributed by atoms with Gasteiger partial charge in [-0.1, -0.05) is 54.6 Å². The fourth-order valence-electron chi connectivity index (χ4n) is 4.59. The molecule has 4 aromatic rings. The third-order valence-corrected chi connectivity index (χ3v) is 6.73. The highest BCUT2D eigenvalue weighted by Crippen LogP contribution is 2.31. The second-order valence-electron chi connectivity index (χ2n) is 10.3. The predicted molar refractivity (Wildman–Crippen MR) is 161 cm³/mol. The van der Waals surface area contributed by atoms with Crippen LogP contribution >= 0.6 is 0 Å². The number of benzene rings is 2. The lowest BCUT2D eigenvalue weighted by Gasteiger charge is -2.33. The van der Waals surface area contributed by atoms with Gasteiger partial charge in [-0.25, -0.2) is 15.0 Å². The first-order chi connectivity index (χ1) is 20.1. The Hall–Kier alpha value is -3.93. The molecule has 11 heteroatoms. The van der Waals surface area contributed by atoms with Crippen molar-refractivity contribution >= 4 is 23.8 Å². The van der Waals surface area contributed by atoms with Crippen LogP contribution in [0.3, 0.4) is 0 Å². The first-order valence-electron chi connectivity index (χ1n) is 13.7. The van der Waals surface area contributed by atoms with E-state index in [1.807, 2.05) is 25.0 Å². The molecule has 1 fully saturated rings. The van der Waals surface area contributed by atoms with E-state index in [4.69, 9.17) is 25.5 Å². The van der Waals surface area contributed by atoms with Gasteiger partial charge in [-0.3, -0.25) is 0 Å². The molecule has 8 nitrogen and oxygen atoms in total. The summed E-state index contributed by atoms with van der Waals surface area (Å²) in [5.74, 6) is 0.984. The van der Waals surface area contributed by atoms with Crippen molar-refractivity contribution in [3.63, 3.8) is 0 Å². The summed E-state index contributed by atoms with van der Waals surface area (Å²) in [5, 5.41) is 0. The standard InChI is InChI=1S/C28H33N7.C2H3F3.CH2O/c1-33(2)14-15-34-16-18-35(19-17-34)25-13-12-24-28(31-25)32-27(22-6-4-3-5-7-22)26(30-24)23-10-8-21(20-29)9-11-23;1-2(3,4)5;1-2/h3-13H,14-20,29H2,1-2H3;1H3;1H2/p+1. The van der Waals surface area contributed by atoms with Crippen LogP contribution in [-0.2, 0) is 11.3 Å². The van der Waals surface area contributed by atoms with Gasteiger partial charge in [-0.2, -0.15) is 13.2 Å². The second-order valence-corrected chi connectivity index (χ2v) is 10.3. The molecule has 0 radical (unpaired) electrons. The molecule has 1 aliphatic rings. The van der Waals surface area contributed by atoms with Crippen LogP contribution in [0.15, 0.2) is 66.7 Å². The van der Waals surface area contributed by atoms with Gasteiger partial charge in [-0.15, -0.1) is 0 Å². The van der Waals surface area contributed by atoms with Gasteiger partial charge in [0.25, 0.3) is 0 Å². The average Bonchev–Trinajstić information content (AvgIpc) is 3.00. The number of carbonyl (C=O) groups excluding carboxylic acids is 1. The molecule has 1 aliphatic heterocycles. The molecule has 0 amide bonds. The number of carbonyl (C=O) groups is 1. The topological polar surface area (TPSA) is 92.7 Å². The molecule has 3 heterocycles. The minimum absolute atomic E-state index is 0.188. The Kier molecular flexibility index (Phi) is 11.9. The number of pyridine rings is 1. The number of alkyl halides is 3. The number of anilines is 1. The Labute approximate surface area is 245 Å². The van der Waals surface area contributed by atoms with E-state index < -0.39 is 6.18 Å². The molecule has 2 aromatic heterocycles. The smallest absolute Gasteiger partial charge is 0.345 e. The summed E-state index contributed by atoms with van der Waals surface area (Å²) < 4.78 is 31.1. The number of likely N-dealkylation sites (N-methyl/N-ethyl adjacent to an activating group) is 1. The number of hydrogen-bond acceptors (Lipinski definition) is 7. The van der Waals surface area contributed by atoms with E-state index in [9.17, 15) is 13.2 Å². The summed E-state index contributed by atoms with van der Waals surface area (Å²) in [7, 11) is 4.28. The molecular weight excluding hydrogens is 543 g/mol. The zero-order valence-corrected chi connectivity index (χ0v) is 24.4. The number of rotatable bonds is 7. The van der Waals surface area contributed by atoms with Gasteiger partial charge in [0.1, 0.15) is 18.1 Å². The van der Waals surface area contributed by atoms with Gasteiger partial charge in [0.2, 0.25) is 0 Å². The molecule has 5 rings (SSSR count). The van der Waals surface area contributed by atoms with Gasteiger partial charge in [0, 0.05) is 31.1 Å². The molecule has 0 atom stereocenters. The van der Waals surface area contributed by atoms with Gasteiger partial charge in [-0.05, 0) is 31.8 Å². The van der Waals surface area contributed by atoms with Gasteiger partial charge >= 0.3 is 6.18 Å². The maximum Gasteiger partial charge on any atom is 0.386 e. The van der Waals surface area contributed by atoms with Crippen LogP contribution in [0.2, 0.25) is 0 Å². The van der Waals surface area contributed by atoms with Gasteiger partial charge < -0.3 is 25.2 Å². The second kappa shape index (κ2) is 15.3. The highest BCUT2D eigenvalue weighted by atomic mass is 19.4. The maximum absolute atomic E-state index is 10.4. The summed E-state index contributed by atoms with van der Waals surface area (Å²) in [6.07, 6.45) is -4.00. The monoisotopic (exact) mass is 582 g/mol. The van der Waals surface area contributed by atoms with Crippen LogP contribution in [-0.4, -0.2) is 86.2 Å². The van der Waals surface area contributed by atoms with E-state index in [-0.39, 0.29) is 6.92 Å². The Balaban J connectivity index is 0.000000627. The number of halogens is 3. The molecule has 3 N–H and O–H groups in total.